The highest BCUT2D eigenvalue weighted by molar-refractivity contribution is 5.75. The zero-order chi connectivity index (χ0) is 11.0. The topological polar surface area (TPSA) is 49.3 Å². The Morgan fingerprint density at radius 2 is 2.21 bits per heavy atom. The lowest BCUT2D eigenvalue weighted by atomic mass is 10.1. The van der Waals surface area contributed by atoms with E-state index >= 15 is 0 Å². The van der Waals surface area contributed by atoms with Gasteiger partial charge in [0.25, 0.3) is 0 Å². The zero-order valence-corrected chi connectivity index (χ0v) is 9.12. The second-order valence-corrected chi connectivity index (χ2v) is 3.91. The zero-order valence-electron chi connectivity index (χ0n) is 9.12. The number of nitrogens with one attached hydrogen (secondary N) is 1. The van der Waals surface area contributed by atoms with Crippen LogP contribution in [0.3, 0.4) is 0 Å². The van der Waals surface area contributed by atoms with Crippen LogP contribution in [-0.2, 0) is 4.79 Å². The Bertz CT molecular complexity index is 178. The van der Waals surface area contributed by atoms with Crippen molar-refractivity contribution in [3.8, 4) is 0 Å². The van der Waals surface area contributed by atoms with Gasteiger partial charge in [0.15, 0.2) is 0 Å². The number of carbonyl (C=O) groups is 1. The maximum absolute atomic E-state index is 11.1. The largest absolute Gasteiger partial charge is 0.391 e. The van der Waals surface area contributed by atoms with Crippen molar-refractivity contribution in [3.05, 3.63) is 12.7 Å². The maximum Gasteiger partial charge on any atom is 0.220 e. The average Bonchev–Trinajstić information content (AvgIpc) is 2.10. The fraction of sp³-hybridized carbons (Fsp3) is 0.727. The SMILES string of the molecule is C=CCCC(=O)NCC(O)CC(C)C. The van der Waals surface area contributed by atoms with Crippen LogP contribution < -0.4 is 5.32 Å². The van der Waals surface area contributed by atoms with Gasteiger partial charge in [-0.05, 0) is 18.8 Å². The third-order valence-electron chi connectivity index (χ3n) is 1.85. The summed E-state index contributed by atoms with van der Waals surface area (Å²) in [6.07, 6.45) is 3.15. The van der Waals surface area contributed by atoms with Crippen LogP contribution in [0.1, 0.15) is 33.1 Å². The van der Waals surface area contributed by atoms with Crippen LogP contribution in [0.25, 0.3) is 0 Å². The van der Waals surface area contributed by atoms with Gasteiger partial charge in [0.2, 0.25) is 5.91 Å². The first kappa shape index (κ1) is 13.2. The lowest BCUT2D eigenvalue weighted by Gasteiger charge is -2.13. The first-order valence-electron chi connectivity index (χ1n) is 5.12. The quantitative estimate of drug-likeness (QED) is 0.610. The van der Waals surface area contributed by atoms with E-state index < -0.39 is 6.10 Å². The summed E-state index contributed by atoms with van der Waals surface area (Å²) in [6.45, 7) is 7.98. The Balaban J connectivity index is 3.50. The van der Waals surface area contributed by atoms with Crippen LogP contribution in [-0.4, -0.2) is 23.7 Å². The van der Waals surface area contributed by atoms with Crippen molar-refractivity contribution in [2.24, 2.45) is 5.92 Å². The molecular weight excluding hydrogens is 178 g/mol. The smallest absolute Gasteiger partial charge is 0.220 e. The summed E-state index contributed by atoms with van der Waals surface area (Å²) in [5, 5.41) is 12.1. The van der Waals surface area contributed by atoms with Gasteiger partial charge in [0.05, 0.1) is 6.10 Å². The van der Waals surface area contributed by atoms with Crippen LogP contribution in [0, 0.1) is 5.92 Å². The van der Waals surface area contributed by atoms with Gasteiger partial charge in [-0.3, -0.25) is 4.79 Å². The van der Waals surface area contributed by atoms with Crippen LogP contribution in [0.5, 0.6) is 0 Å². The molecule has 0 fully saturated rings. The van der Waals surface area contributed by atoms with Crippen molar-refractivity contribution < 1.29 is 9.90 Å². The molecule has 0 rings (SSSR count). The van der Waals surface area contributed by atoms with Crippen molar-refractivity contribution in [2.45, 2.75) is 39.2 Å². The monoisotopic (exact) mass is 199 g/mol. The normalized spacial score (nSPS) is 12.6. The lowest BCUT2D eigenvalue weighted by molar-refractivity contribution is -0.121. The molecule has 3 heteroatoms. The number of carbonyl (C=O) groups excluding carboxylic acids is 1. The molecule has 1 amide bonds. The molecule has 0 saturated heterocycles. The molecule has 3 nitrogen and oxygen atoms in total. The molecule has 1 unspecified atom stereocenters. The highest BCUT2D eigenvalue weighted by Gasteiger charge is 2.08. The second-order valence-electron chi connectivity index (χ2n) is 3.91. The predicted molar refractivity (Wildman–Crippen MR) is 57.9 cm³/mol. The molecule has 1 atom stereocenters. The molecule has 0 bridgehead atoms. The van der Waals surface area contributed by atoms with E-state index in [0.29, 0.717) is 25.3 Å². The Hall–Kier alpha value is -0.830. The van der Waals surface area contributed by atoms with Crippen molar-refractivity contribution in [1.82, 2.24) is 5.32 Å². The van der Waals surface area contributed by atoms with E-state index in [1.165, 1.54) is 0 Å². The van der Waals surface area contributed by atoms with E-state index in [2.05, 4.69) is 11.9 Å². The molecule has 82 valence electrons. The molecule has 0 aliphatic rings. The number of hydrogen-bond acceptors (Lipinski definition) is 2. The number of amides is 1. The molecule has 0 saturated carbocycles. The number of hydrogen-bond donors (Lipinski definition) is 2. The summed E-state index contributed by atoms with van der Waals surface area (Å²) in [6, 6.07) is 0. The van der Waals surface area contributed by atoms with Gasteiger partial charge in [-0.25, -0.2) is 0 Å². The minimum absolute atomic E-state index is 0.0206. The van der Waals surface area contributed by atoms with E-state index in [0.717, 1.165) is 6.42 Å². The van der Waals surface area contributed by atoms with E-state index in [1.807, 2.05) is 13.8 Å². The number of allylic oxidation sites excluding steroid dienone is 1. The highest BCUT2D eigenvalue weighted by atomic mass is 16.3. The molecule has 14 heavy (non-hydrogen) atoms. The van der Waals surface area contributed by atoms with Crippen LogP contribution in [0.2, 0.25) is 0 Å². The van der Waals surface area contributed by atoms with Gasteiger partial charge in [0, 0.05) is 13.0 Å². The summed E-state index contributed by atoms with van der Waals surface area (Å²) < 4.78 is 0. The number of aliphatic hydroxyl groups is 1. The van der Waals surface area contributed by atoms with Crippen molar-refractivity contribution in [3.63, 3.8) is 0 Å². The van der Waals surface area contributed by atoms with E-state index in [-0.39, 0.29) is 5.91 Å². The molecule has 0 spiro atoms. The molecule has 0 aromatic rings. The van der Waals surface area contributed by atoms with Gasteiger partial charge in [-0.1, -0.05) is 19.9 Å². The summed E-state index contributed by atoms with van der Waals surface area (Å²) >= 11 is 0. The predicted octanol–water partition coefficient (Wildman–Crippen LogP) is 1.48. The molecule has 0 heterocycles. The average molecular weight is 199 g/mol. The number of aliphatic hydroxyl groups excluding tert-OH is 1. The standard InChI is InChI=1S/C11H21NO2/c1-4-5-6-11(14)12-8-10(13)7-9(2)3/h4,9-10,13H,1,5-8H2,2-3H3,(H,12,14). The summed E-state index contributed by atoms with van der Waals surface area (Å²) in [7, 11) is 0. The molecule has 0 aromatic carbocycles. The summed E-state index contributed by atoms with van der Waals surface area (Å²) in [5.41, 5.74) is 0. The van der Waals surface area contributed by atoms with Crippen molar-refractivity contribution in [2.75, 3.05) is 6.54 Å². The van der Waals surface area contributed by atoms with E-state index in [9.17, 15) is 9.90 Å². The summed E-state index contributed by atoms with van der Waals surface area (Å²) in [4.78, 5) is 11.1. The molecule has 0 aliphatic heterocycles. The van der Waals surface area contributed by atoms with Gasteiger partial charge >= 0.3 is 0 Å². The van der Waals surface area contributed by atoms with Crippen LogP contribution in [0.15, 0.2) is 12.7 Å². The molecule has 0 radical (unpaired) electrons. The Kier molecular flexibility index (Phi) is 7.11. The number of rotatable bonds is 7. The Morgan fingerprint density at radius 3 is 2.71 bits per heavy atom. The third-order valence-corrected chi connectivity index (χ3v) is 1.85. The van der Waals surface area contributed by atoms with Crippen molar-refractivity contribution >= 4 is 5.91 Å². The first-order chi connectivity index (χ1) is 6.56. The summed E-state index contributed by atoms with van der Waals surface area (Å²) in [5.74, 6) is 0.433. The van der Waals surface area contributed by atoms with Crippen LogP contribution >= 0.6 is 0 Å². The first-order valence-corrected chi connectivity index (χ1v) is 5.12. The highest BCUT2D eigenvalue weighted by Crippen LogP contribution is 2.03. The Morgan fingerprint density at radius 1 is 1.57 bits per heavy atom. The fourth-order valence-corrected chi connectivity index (χ4v) is 1.18. The molecule has 0 aromatic heterocycles. The van der Waals surface area contributed by atoms with Crippen molar-refractivity contribution in [1.29, 1.82) is 0 Å². The molecule has 2 N–H and O–H groups in total. The van der Waals surface area contributed by atoms with Crippen LogP contribution in [0.4, 0.5) is 0 Å². The van der Waals surface area contributed by atoms with E-state index in [4.69, 9.17) is 0 Å². The Labute approximate surface area is 86.2 Å². The minimum atomic E-state index is -0.428. The minimum Gasteiger partial charge on any atom is -0.391 e. The fourth-order valence-electron chi connectivity index (χ4n) is 1.18. The van der Waals surface area contributed by atoms with Gasteiger partial charge in [-0.2, -0.15) is 0 Å². The molecule has 0 aliphatic carbocycles. The molecular formula is C11H21NO2. The second kappa shape index (κ2) is 7.56. The van der Waals surface area contributed by atoms with E-state index in [1.54, 1.807) is 6.08 Å². The third kappa shape index (κ3) is 7.80. The van der Waals surface area contributed by atoms with Gasteiger partial charge in [-0.15, -0.1) is 6.58 Å². The maximum atomic E-state index is 11.1. The van der Waals surface area contributed by atoms with Gasteiger partial charge < -0.3 is 10.4 Å². The van der Waals surface area contributed by atoms with Gasteiger partial charge in [0.1, 0.15) is 0 Å². The lowest BCUT2D eigenvalue weighted by Crippen LogP contribution is -2.32.